The van der Waals surface area contributed by atoms with E-state index in [1.54, 1.807) is 6.92 Å². The zero-order chi connectivity index (χ0) is 12.7. The van der Waals surface area contributed by atoms with Crippen molar-refractivity contribution in [2.75, 3.05) is 6.61 Å². The molecular weight excluding hydrogens is 214 g/mol. The molecule has 17 heavy (non-hydrogen) atoms. The number of carbonyl (C=O) groups is 1. The van der Waals surface area contributed by atoms with Gasteiger partial charge in [0.15, 0.2) is 0 Å². The number of hydrogen-bond donors (Lipinski definition) is 2. The molecule has 0 aliphatic carbocycles. The van der Waals surface area contributed by atoms with E-state index in [0.29, 0.717) is 6.42 Å². The van der Waals surface area contributed by atoms with Gasteiger partial charge >= 0.3 is 0 Å². The number of aryl methyl sites for hydroxylation is 2. The van der Waals surface area contributed by atoms with Gasteiger partial charge in [0, 0.05) is 12.5 Å². The second-order valence-electron chi connectivity index (χ2n) is 4.32. The van der Waals surface area contributed by atoms with Gasteiger partial charge in [0.2, 0.25) is 5.91 Å². The lowest BCUT2D eigenvalue weighted by molar-refractivity contribution is -0.121. The summed E-state index contributed by atoms with van der Waals surface area (Å²) in [6, 6.07) is 8.18. The minimum atomic E-state index is -0.162. The van der Waals surface area contributed by atoms with Crippen LogP contribution in [0.25, 0.3) is 0 Å². The molecule has 1 unspecified atom stereocenters. The summed E-state index contributed by atoms with van der Waals surface area (Å²) in [4.78, 5) is 11.5. The van der Waals surface area contributed by atoms with Crippen LogP contribution in [0.2, 0.25) is 0 Å². The summed E-state index contributed by atoms with van der Waals surface area (Å²) in [5, 5.41) is 11.5. The van der Waals surface area contributed by atoms with Crippen molar-refractivity contribution in [2.45, 2.75) is 39.2 Å². The number of aliphatic hydroxyl groups excluding tert-OH is 1. The van der Waals surface area contributed by atoms with Crippen LogP contribution in [-0.2, 0) is 17.6 Å². The van der Waals surface area contributed by atoms with E-state index in [1.165, 1.54) is 11.1 Å². The quantitative estimate of drug-likeness (QED) is 0.788. The Kier molecular flexibility index (Phi) is 5.70. The van der Waals surface area contributed by atoms with Crippen LogP contribution in [0.15, 0.2) is 24.3 Å². The summed E-state index contributed by atoms with van der Waals surface area (Å²) >= 11 is 0. The summed E-state index contributed by atoms with van der Waals surface area (Å²) in [7, 11) is 0. The van der Waals surface area contributed by atoms with Crippen LogP contribution in [0.1, 0.15) is 31.4 Å². The lowest BCUT2D eigenvalue weighted by Crippen LogP contribution is -2.35. The molecule has 0 saturated heterocycles. The van der Waals surface area contributed by atoms with Gasteiger partial charge in [-0.05, 0) is 30.9 Å². The third kappa shape index (κ3) is 5.00. The molecule has 3 heteroatoms. The summed E-state index contributed by atoms with van der Waals surface area (Å²) in [5.74, 6) is -0.00822. The lowest BCUT2D eigenvalue weighted by Gasteiger charge is -2.10. The van der Waals surface area contributed by atoms with Gasteiger partial charge < -0.3 is 10.4 Å². The number of amides is 1. The Hall–Kier alpha value is -1.35. The number of benzene rings is 1. The minimum absolute atomic E-state index is 0.00822. The first kappa shape index (κ1) is 13.7. The molecular formula is C14H21NO2. The lowest BCUT2D eigenvalue weighted by atomic mass is 10.1. The maximum atomic E-state index is 11.5. The van der Waals surface area contributed by atoms with Crippen molar-refractivity contribution in [3.05, 3.63) is 35.4 Å². The van der Waals surface area contributed by atoms with E-state index in [0.717, 1.165) is 12.8 Å². The fraction of sp³-hybridized carbons (Fsp3) is 0.500. The Balaban J connectivity index is 2.36. The second-order valence-corrected chi connectivity index (χ2v) is 4.32. The van der Waals surface area contributed by atoms with Crippen LogP contribution in [0.3, 0.4) is 0 Å². The normalized spacial score (nSPS) is 12.2. The van der Waals surface area contributed by atoms with Crippen molar-refractivity contribution in [3.63, 3.8) is 0 Å². The van der Waals surface area contributed by atoms with E-state index in [1.807, 2.05) is 0 Å². The molecule has 0 bridgehead atoms. The molecule has 2 N–H and O–H groups in total. The molecule has 0 fully saturated rings. The maximum absolute atomic E-state index is 11.5. The first-order chi connectivity index (χ1) is 8.15. The molecule has 0 aromatic heterocycles. The molecule has 94 valence electrons. The third-order valence-electron chi connectivity index (χ3n) is 2.75. The molecule has 1 atom stereocenters. The van der Waals surface area contributed by atoms with Gasteiger partial charge in [-0.3, -0.25) is 4.79 Å². The Morgan fingerprint density at radius 2 is 1.88 bits per heavy atom. The van der Waals surface area contributed by atoms with Gasteiger partial charge in [-0.2, -0.15) is 0 Å². The van der Waals surface area contributed by atoms with Gasteiger partial charge in [0.1, 0.15) is 0 Å². The largest absolute Gasteiger partial charge is 0.394 e. The van der Waals surface area contributed by atoms with Gasteiger partial charge in [-0.25, -0.2) is 0 Å². The van der Waals surface area contributed by atoms with Crippen LogP contribution >= 0.6 is 0 Å². The van der Waals surface area contributed by atoms with Crippen molar-refractivity contribution < 1.29 is 9.90 Å². The Morgan fingerprint density at radius 3 is 2.41 bits per heavy atom. The van der Waals surface area contributed by atoms with Crippen molar-refractivity contribution in [1.82, 2.24) is 5.32 Å². The summed E-state index contributed by atoms with van der Waals surface area (Å²) < 4.78 is 0. The van der Waals surface area contributed by atoms with E-state index in [4.69, 9.17) is 5.11 Å². The Labute approximate surface area is 103 Å². The molecule has 1 amide bonds. The predicted octanol–water partition coefficient (Wildman–Crippen LogP) is 1.68. The number of carbonyl (C=O) groups excluding carboxylic acids is 1. The first-order valence-electron chi connectivity index (χ1n) is 6.13. The average Bonchev–Trinajstić information content (AvgIpc) is 2.36. The van der Waals surface area contributed by atoms with Crippen LogP contribution in [0, 0.1) is 0 Å². The van der Waals surface area contributed by atoms with E-state index in [9.17, 15) is 4.79 Å². The van der Waals surface area contributed by atoms with Gasteiger partial charge in [0.25, 0.3) is 0 Å². The molecule has 1 rings (SSSR count). The zero-order valence-electron chi connectivity index (χ0n) is 10.6. The van der Waals surface area contributed by atoms with Crippen molar-refractivity contribution in [1.29, 1.82) is 0 Å². The van der Waals surface area contributed by atoms with Crippen LogP contribution in [0.5, 0.6) is 0 Å². The average molecular weight is 235 g/mol. The molecule has 0 heterocycles. The summed E-state index contributed by atoms with van der Waals surface area (Å²) in [6.45, 7) is 3.89. The van der Waals surface area contributed by atoms with Crippen LogP contribution < -0.4 is 5.32 Å². The summed E-state index contributed by atoms with van der Waals surface area (Å²) in [5.41, 5.74) is 2.49. The molecule has 3 nitrogen and oxygen atoms in total. The highest BCUT2D eigenvalue weighted by Gasteiger charge is 2.06. The summed E-state index contributed by atoms with van der Waals surface area (Å²) in [6.07, 6.45) is 2.25. The number of aliphatic hydroxyl groups is 1. The topological polar surface area (TPSA) is 49.3 Å². The fourth-order valence-electron chi connectivity index (χ4n) is 1.59. The molecule has 1 aromatic carbocycles. The van der Waals surface area contributed by atoms with Crippen molar-refractivity contribution in [3.8, 4) is 0 Å². The Bertz CT molecular complexity index is 346. The third-order valence-corrected chi connectivity index (χ3v) is 2.75. The number of hydrogen-bond acceptors (Lipinski definition) is 2. The smallest absolute Gasteiger partial charge is 0.220 e. The maximum Gasteiger partial charge on any atom is 0.220 e. The van der Waals surface area contributed by atoms with Gasteiger partial charge in [0.05, 0.1) is 6.61 Å². The van der Waals surface area contributed by atoms with Crippen molar-refractivity contribution >= 4 is 5.91 Å². The van der Waals surface area contributed by atoms with Crippen LogP contribution in [-0.4, -0.2) is 23.7 Å². The Morgan fingerprint density at radius 1 is 1.29 bits per heavy atom. The second kappa shape index (κ2) is 7.07. The van der Waals surface area contributed by atoms with E-state index in [-0.39, 0.29) is 18.6 Å². The first-order valence-corrected chi connectivity index (χ1v) is 6.13. The minimum Gasteiger partial charge on any atom is -0.394 e. The standard InChI is InChI=1S/C14H21NO2/c1-3-12-4-6-13(7-5-12)8-9-14(17)15-11(2)10-16/h4-7,11,16H,3,8-10H2,1-2H3,(H,15,17). The monoisotopic (exact) mass is 235 g/mol. The molecule has 0 aliphatic heterocycles. The number of nitrogens with one attached hydrogen (secondary N) is 1. The fourth-order valence-corrected chi connectivity index (χ4v) is 1.59. The van der Waals surface area contributed by atoms with E-state index < -0.39 is 0 Å². The zero-order valence-corrected chi connectivity index (χ0v) is 10.6. The molecule has 0 saturated carbocycles. The highest BCUT2D eigenvalue weighted by atomic mass is 16.3. The highest BCUT2D eigenvalue weighted by molar-refractivity contribution is 5.76. The number of rotatable bonds is 6. The van der Waals surface area contributed by atoms with E-state index >= 15 is 0 Å². The van der Waals surface area contributed by atoms with Gasteiger partial charge in [-0.1, -0.05) is 31.2 Å². The molecule has 0 spiro atoms. The molecule has 0 radical (unpaired) electrons. The predicted molar refractivity (Wildman–Crippen MR) is 68.8 cm³/mol. The van der Waals surface area contributed by atoms with Gasteiger partial charge in [-0.15, -0.1) is 0 Å². The molecule has 0 aliphatic rings. The van der Waals surface area contributed by atoms with E-state index in [2.05, 4.69) is 36.5 Å². The highest BCUT2D eigenvalue weighted by Crippen LogP contribution is 2.07. The SMILES string of the molecule is CCc1ccc(CCC(=O)NC(C)CO)cc1. The van der Waals surface area contributed by atoms with Crippen LogP contribution in [0.4, 0.5) is 0 Å². The van der Waals surface area contributed by atoms with Crippen molar-refractivity contribution in [2.24, 2.45) is 0 Å². The molecule has 1 aromatic rings.